The molecule has 0 saturated heterocycles. The predicted octanol–water partition coefficient (Wildman–Crippen LogP) is 3.55. The summed E-state index contributed by atoms with van der Waals surface area (Å²) in [5.41, 5.74) is 6.98. The summed E-state index contributed by atoms with van der Waals surface area (Å²) in [5.74, 6) is 0.299. The van der Waals surface area contributed by atoms with Crippen molar-refractivity contribution in [2.24, 2.45) is 0 Å². The van der Waals surface area contributed by atoms with E-state index in [2.05, 4.69) is 0 Å². The Morgan fingerprint density at radius 1 is 1.05 bits per heavy atom. The Bertz CT molecular complexity index is 554. The summed E-state index contributed by atoms with van der Waals surface area (Å²) in [5, 5.41) is 0. The highest BCUT2D eigenvalue weighted by Gasteiger charge is 2.14. The van der Waals surface area contributed by atoms with E-state index in [4.69, 9.17) is 15.2 Å². The van der Waals surface area contributed by atoms with E-state index < -0.39 is 6.16 Å². The maximum absolute atomic E-state index is 11.6. The lowest BCUT2D eigenvalue weighted by Gasteiger charge is -2.13. The van der Waals surface area contributed by atoms with Crippen LogP contribution in [-0.2, 0) is 4.74 Å². The van der Waals surface area contributed by atoms with E-state index in [1.807, 2.05) is 30.3 Å². The fourth-order valence-corrected chi connectivity index (χ4v) is 1.62. The van der Waals surface area contributed by atoms with Gasteiger partial charge in [0.1, 0.15) is 6.10 Å². The average molecular weight is 257 g/mol. The molecule has 0 aliphatic carbocycles. The largest absolute Gasteiger partial charge is 0.514 e. The third-order valence-electron chi connectivity index (χ3n) is 2.65. The zero-order valence-electron chi connectivity index (χ0n) is 10.6. The van der Waals surface area contributed by atoms with Crippen LogP contribution in [0.5, 0.6) is 5.75 Å². The minimum atomic E-state index is -0.769. The monoisotopic (exact) mass is 257 g/mol. The Labute approximate surface area is 111 Å². The van der Waals surface area contributed by atoms with Crippen molar-refractivity contribution in [2.75, 3.05) is 5.73 Å². The van der Waals surface area contributed by atoms with Crippen LogP contribution in [0.1, 0.15) is 18.6 Å². The first kappa shape index (κ1) is 13.0. The highest BCUT2D eigenvalue weighted by atomic mass is 16.7. The van der Waals surface area contributed by atoms with E-state index in [-0.39, 0.29) is 6.10 Å². The molecule has 0 aliphatic rings. The van der Waals surface area contributed by atoms with Crippen molar-refractivity contribution < 1.29 is 14.3 Å². The number of rotatable bonds is 3. The number of anilines is 1. The minimum absolute atomic E-state index is 0.299. The molecule has 2 N–H and O–H groups in total. The van der Waals surface area contributed by atoms with Gasteiger partial charge in [0.2, 0.25) is 0 Å². The SMILES string of the molecule is CC(OC(=O)Oc1ccccc1N)c1ccccc1. The molecule has 0 heterocycles. The second kappa shape index (κ2) is 5.91. The molecule has 19 heavy (non-hydrogen) atoms. The van der Waals surface area contributed by atoms with Gasteiger partial charge in [-0.25, -0.2) is 4.79 Å². The topological polar surface area (TPSA) is 61.5 Å². The quantitative estimate of drug-likeness (QED) is 0.519. The molecule has 4 heteroatoms. The molecule has 0 aliphatic heterocycles. The molecule has 98 valence electrons. The number of carbonyl (C=O) groups is 1. The Morgan fingerprint density at radius 3 is 2.37 bits per heavy atom. The highest BCUT2D eigenvalue weighted by Crippen LogP contribution is 2.22. The van der Waals surface area contributed by atoms with Gasteiger partial charge in [0.25, 0.3) is 0 Å². The zero-order chi connectivity index (χ0) is 13.7. The van der Waals surface area contributed by atoms with Crippen LogP contribution >= 0.6 is 0 Å². The lowest BCUT2D eigenvalue weighted by molar-refractivity contribution is 0.0657. The van der Waals surface area contributed by atoms with Crippen molar-refractivity contribution >= 4 is 11.8 Å². The number of hydrogen-bond acceptors (Lipinski definition) is 4. The first-order valence-corrected chi connectivity index (χ1v) is 5.94. The third kappa shape index (κ3) is 3.48. The lowest BCUT2D eigenvalue weighted by Crippen LogP contribution is -2.14. The molecule has 2 rings (SSSR count). The van der Waals surface area contributed by atoms with Crippen molar-refractivity contribution in [3.63, 3.8) is 0 Å². The number of nitrogen functional groups attached to an aromatic ring is 1. The van der Waals surface area contributed by atoms with Crippen molar-refractivity contribution in [1.82, 2.24) is 0 Å². The Morgan fingerprint density at radius 2 is 1.68 bits per heavy atom. The van der Waals surface area contributed by atoms with Crippen molar-refractivity contribution in [2.45, 2.75) is 13.0 Å². The summed E-state index contributed by atoms with van der Waals surface area (Å²) >= 11 is 0. The van der Waals surface area contributed by atoms with Gasteiger partial charge >= 0.3 is 6.16 Å². The fourth-order valence-electron chi connectivity index (χ4n) is 1.62. The summed E-state index contributed by atoms with van der Waals surface area (Å²) < 4.78 is 10.2. The second-order valence-electron chi connectivity index (χ2n) is 4.06. The van der Waals surface area contributed by atoms with E-state index in [0.717, 1.165) is 5.56 Å². The van der Waals surface area contributed by atoms with Gasteiger partial charge in [0.05, 0.1) is 5.69 Å². The van der Waals surface area contributed by atoms with E-state index >= 15 is 0 Å². The van der Waals surface area contributed by atoms with Gasteiger partial charge in [-0.05, 0) is 24.6 Å². The van der Waals surface area contributed by atoms with E-state index in [1.54, 1.807) is 31.2 Å². The van der Waals surface area contributed by atoms with Crippen LogP contribution in [0.25, 0.3) is 0 Å². The minimum Gasteiger partial charge on any atom is -0.426 e. The molecule has 1 unspecified atom stereocenters. The van der Waals surface area contributed by atoms with Gasteiger partial charge in [-0.1, -0.05) is 42.5 Å². The normalized spacial score (nSPS) is 11.6. The van der Waals surface area contributed by atoms with E-state index in [1.165, 1.54) is 0 Å². The van der Waals surface area contributed by atoms with Crippen LogP contribution in [0, 0.1) is 0 Å². The molecule has 2 aromatic carbocycles. The summed E-state index contributed by atoms with van der Waals surface area (Å²) in [6.07, 6.45) is -1.15. The molecule has 0 saturated carbocycles. The van der Waals surface area contributed by atoms with Crippen molar-refractivity contribution in [3.8, 4) is 5.75 Å². The average Bonchev–Trinajstić information content (AvgIpc) is 2.42. The number of carbonyl (C=O) groups excluding carboxylic acids is 1. The Balaban J connectivity index is 1.97. The van der Waals surface area contributed by atoms with Crippen LogP contribution in [0.15, 0.2) is 54.6 Å². The summed E-state index contributed by atoms with van der Waals surface area (Å²) in [7, 11) is 0. The lowest BCUT2D eigenvalue weighted by atomic mass is 10.1. The number of benzene rings is 2. The smallest absolute Gasteiger partial charge is 0.426 e. The second-order valence-corrected chi connectivity index (χ2v) is 4.06. The van der Waals surface area contributed by atoms with Gasteiger partial charge in [0.15, 0.2) is 5.75 Å². The van der Waals surface area contributed by atoms with Crippen LogP contribution in [0.4, 0.5) is 10.5 Å². The number of ether oxygens (including phenoxy) is 2. The molecule has 4 nitrogen and oxygen atoms in total. The number of nitrogens with two attached hydrogens (primary N) is 1. The van der Waals surface area contributed by atoms with Gasteiger partial charge in [-0.3, -0.25) is 0 Å². The zero-order valence-corrected chi connectivity index (χ0v) is 10.6. The highest BCUT2D eigenvalue weighted by molar-refractivity contribution is 5.67. The van der Waals surface area contributed by atoms with Gasteiger partial charge < -0.3 is 15.2 Å². The maximum Gasteiger partial charge on any atom is 0.514 e. The van der Waals surface area contributed by atoms with Gasteiger partial charge in [-0.15, -0.1) is 0 Å². The maximum atomic E-state index is 11.6. The molecule has 0 aromatic heterocycles. The fraction of sp³-hybridized carbons (Fsp3) is 0.133. The Kier molecular flexibility index (Phi) is 4.03. The molecular formula is C15H15NO3. The molecule has 0 spiro atoms. The molecule has 1 atom stereocenters. The van der Waals surface area contributed by atoms with Crippen LogP contribution in [-0.4, -0.2) is 6.16 Å². The van der Waals surface area contributed by atoms with Crippen LogP contribution in [0.3, 0.4) is 0 Å². The summed E-state index contributed by atoms with van der Waals surface area (Å²) in [4.78, 5) is 11.6. The van der Waals surface area contributed by atoms with E-state index in [0.29, 0.717) is 11.4 Å². The van der Waals surface area contributed by atoms with Crippen molar-refractivity contribution in [3.05, 3.63) is 60.2 Å². The summed E-state index contributed by atoms with van der Waals surface area (Å²) in [6.45, 7) is 1.78. The van der Waals surface area contributed by atoms with Crippen molar-refractivity contribution in [1.29, 1.82) is 0 Å². The molecule has 0 bridgehead atoms. The van der Waals surface area contributed by atoms with Gasteiger partial charge in [0, 0.05) is 0 Å². The van der Waals surface area contributed by atoms with Gasteiger partial charge in [-0.2, -0.15) is 0 Å². The predicted molar refractivity (Wildman–Crippen MR) is 72.8 cm³/mol. The van der Waals surface area contributed by atoms with Crippen LogP contribution < -0.4 is 10.5 Å². The molecule has 2 aromatic rings. The Hall–Kier alpha value is -2.49. The third-order valence-corrected chi connectivity index (χ3v) is 2.65. The molecular weight excluding hydrogens is 242 g/mol. The number of para-hydroxylation sites is 2. The van der Waals surface area contributed by atoms with Crippen LogP contribution in [0.2, 0.25) is 0 Å². The molecule has 0 amide bonds. The number of hydrogen-bond donors (Lipinski definition) is 1. The first-order valence-electron chi connectivity index (χ1n) is 5.94. The van der Waals surface area contributed by atoms with E-state index in [9.17, 15) is 4.79 Å². The summed E-state index contributed by atoms with van der Waals surface area (Å²) in [6, 6.07) is 16.2. The first-order chi connectivity index (χ1) is 9.16. The molecule has 0 radical (unpaired) electrons. The standard InChI is InChI=1S/C15H15NO3/c1-11(12-7-3-2-4-8-12)18-15(17)19-14-10-6-5-9-13(14)16/h2-11H,16H2,1H3. The molecule has 0 fully saturated rings.